The Morgan fingerprint density at radius 1 is 1.10 bits per heavy atom. The van der Waals surface area contributed by atoms with Crippen molar-refractivity contribution in [3.8, 4) is 0 Å². The fourth-order valence-corrected chi connectivity index (χ4v) is 4.28. The highest BCUT2D eigenvalue weighted by Crippen LogP contribution is 2.24. The van der Waals surface area contributed by atoms with Crippen LogP contribution < -0.4 is 10.0 Å². The molecule has 1 aromatic carbocycles. The lowest BCUT2D eigenvalue weighted by atomic mass is 10.1. The van der Waals surface area contributed by atoms with Crippen LogP contribution in [0, 0.1) is 13.8 Å². The van der Waals surface area contributed by atoms with Gasteiger partial charge in [0.15, 0.2) is 0 Å². The Hall–Kier alpha value is -1.37. The topological polar surface area (TPSA) is 58.2 Å². The molecule has 4 nitrogen and oxygen atoms in total. The summed E-state index contributed by atoms with van der Waals surface area (Å²) in [6.07, 6.45) is 0. The molecule has 108 valence electrons. The van der Waals surface area contributed by atoms with Crippen molar-refractivity contribution in [1.29, 1.82) is 0 Å². The summed E-state index contributed by atoms with van der Waals surface area (Å²) in [5.41, 5.74) is 3.64. The van der Waals surface area contributed by atoms with Crippen LogP contribution in [-0.4, -0.2) is 15.5 Å². The molecule has 20 heavy (non-hydrogen) atoms. The number of aryl methyl sites for hydroxylation is 2. The third kappa shape index (κ3) is 3.59. The van der Waals surface area contributed by atoms with Crippen molar-refractivity contribution in [3.63, 3.8) is 0 Å². The first-order valence-corrected chi connectivity index (χ1v) is 8.60. The molecule has 0 aliphatic rings. The van der Waals surface area contributed by atoms with Gasteiger partial charge in [0.25, 0.3) is 10.0 Å². The maximum absolute atomic E-state index is 12.3. The van der Waals surface area contributed by atoms with Gasteiger partial charge in [-0.1, -0.05) is 6.07 Å². The minimum Gasteiger partial charge on any atom is -0.316 e. The second-order valence-electron chi connectivity index (χ2n) is 4.79. The zero-order chi connectivity index (χ0) is 14.8. The summed E-state index contributed by atoms with van der Waals surface area (Å²) >= 11 is 1.23. The molecule has 0 fully saturated rings. The smallest absolute Gasteiger partial charge is 0.271 e. The molecule has 0 atom stereocenters. The van der Waals surface area contributed by atoms with Gasteiger partial charge >= 0.3 is 0 Å². The lowest BCUT2D eigenvalue weighted by Gasteiger charge is -2.08. The molecule has 6 heteroatoms. The number of rotatable bonds is 5. The van der Waals surface area contributed by atoms with Crippen LogP contribution in [0.5, 0.6) is 0 Å². The zero-order valence-electron chi connectivity index (χ0n) is 11.7. The molecule has 2 rings (SSSR count). The number of sulfonamides is 1. The second kappa shape index (κ2) is 5.95. The van der Waals surface area contributed by atoms with Crippen LogP contribution in [0.3, 0.4) is 0 Å². The SMILES string of the molecule is CNCc1csc(S(=O)(=O)Nc2cc(C)cc(C)c2)c1. The third-order valence-corrected chi connectivity index (χ3v) is 5.62. The summed E-state index contributed by atoms with van der Waals surface area (Å²) in [5.74, 6) is 0. The van der Waals surface area contributed by atoms with Crippen molar-refractivity contribution in [2.24, 2.45) is 0 Å². The molecule has 0 amide bonds. The highest BCUT2D eigenvalue weighted by molar-refractivity contribution is 7.94. The Labute approximate surface area is 123 Å². The van der Waals surface area contributed by atoms with Gasteiger partial charge in [0, 0.05) is 12.2 Å². The second-order valence-corrected chi connectivity index (χ2v) is 7.61. The molecule has 0 aliphatic carbocycles. The van der Waals surface area contributed by atoms with Crippen molar-refractivity contribution in [1.82, 2.24) is 5.32 Å². The molecule has 1 heterocycles. The van der Waals surface area contributed by atoms with E-state index in [1.54, 1.807) is 6.07 Å². The molecule has 2 N–H and O–H groups in total. The van der Waals surface area contributed by atoms with Crippen LogP contribution in [0.25, 0.3) is 0 Å². The molecule has 0 saturated heterocycles. The maximum Gasteiger partial charge on any atom is 0.271 e. The summed E-state index contributed by atoms with van der Waals surface area (Å²) in [6, 6.07) is 7.36. The van der Waals surface area contributed by atoms with E-state index in [1.165, 1.54) is 11.3 Å². The molecule has 0 bridgehead atoms. The molecule has 0 unspecified atom stereocenters. The van der Waals surface area contributed by atoms with Crippen molar-refractivity contribution < 1.29 is 8.42 Å². The van der Waals surface area contributed by atoms with Crippen molar-refractivity contribution in [3.05, 3.63) is 46.3 Å². The Bertz CT molecular complexity index is 685. The number of hydrogen-bond donors (Lipinski definition) is 2. The van der Waals surface area contributed by atoms with Gasteiger partial charge in [-0.3, -0.25) is 4.72 Å². The summed E-state index contributed by atoms with van der Waals surface area (Å²) in [7, 11) is -1.67. The van der Waals surface area contributed by atoms with Crippen LogP contribution in [0.1, 0.15) is 16.7 Å². The van der Waals surface area contributed by atoms with E-state index >= 15 is 0 Å². The highest BCUT2D eigenvalue weighted by atomic mass is 32.2. The fourth-order valence-electron chi connectivity index (χ4n) is 2.03. The van der Waals surface area contributed by atoms with Gasteiger partial charge in [-0.25, -0.2) is 8.42 Å². The minimum atomic E-state index is -3.50. The van der Waals surface area contributed by atoms with Crippen LogP contribution in [0.15, 0.2) is 33.9 Å². The van der Waals surface area contributed by atoms with Gasteiger partial charge in [0.1, 0.15) is 4.21 Å². The van der Waals surface area contributed by atoms with Crippen LogP contribution in [0.2, 0.25) is 0 Å². The zero-order valence-corrected chi connectivity index (χ0v) is 13.4. The van der Waals surface area contributed by atoms with Gasteiger partial charge in [-0.2, -0.15) is 0 Å². The predicted molar refractivity (Wildman–Crippen MR) is 83.8 cm³/mol. The predicted octanol–water partition coefficient (Wildman–Crippen LogP) is 2.89. The summed E-state index contributed by atoms with van der Waals surface area (Å²) in [4.78, 5) is 0. The quantitative estimate of drug-likeness (QED) is 0.893. The molecule has 1 aromatic heterocycles. The Kier molecular flexibility index (Phi) is 4.47. The largest absolute Gasteiger partial charge is 0.316 e. The first-order chi connectivity index (χ1) is 9.40. The van der Waals surface area contributed by atoms with Gasteiger partial charge in [0.05, 0.1) is 0 Å². The maximum atomic E-state index is 12.3. The number of benzene rings is 1. The van der Waals surface area contributed by atoms with Gasteiger partial charge in [0.2, 0.25) is 0 Å². The number of nitrogens with one attached hydrogen (secondary N) is 2. The standard InChI is InChI=1S/C14H18N2O2S2/c1-10-4-11(2)6-13(5-10)16-20(17,18)14-7-12(8-15-3)9-19-14/h4-7,9,15-16H,8H2,1-3H3. The molecular formula is C14H18N2O2S2. The van der Waals surface area contributed by atoms with Crippen molar-refractivity contribution >= 4 is 27.0 Å². The van der Waals surface area contributed by atoms with Crippen LogP contribution in [-0.2, 0) is 16.6 Å². The average molecular weight is 310 g/mol. The average Bonchev–Trinajstić information content (AvgIpc) is 2.76. The van der Waals surface area contributed by atoms with E-state index < -0.39 is 10.0 Å². The number of anilines is 1. The van der Waals surface area contributed by atoms with E-state index in [0.717, 1.165) is 16.7 Å². The van der Waals surface area contributed by atoms with E-state index in [-0.39, 0.29) is 0 Å². The Morgan fingerprint density at radius 3 is 2.35 bits per heavy atom. The normalized spacial score (nSPS) is 11.6. The lowest BCUT2D eigenvalue weighted by molar-refractivity contribution is 0.603. The van der Waals surface area contributed by atoms with E-state index in [9.17, 15) is 8.42 Å². The van der Waals surface area contributed by atoms with E-state index in [1.807, 2.05) is 44.5 Å². The Balaban J connectivity index is 2.25. The van der Waals surface area contributed by atoms with Gasteiger partial charge in [-0.05, 0) is 61.2 Å². The van der Waals surface area contributed by atoms with E-state index in [2.05, 4.69) is 10.0 Å². The van der Waals surface area contributed by atoms with Crippen LogP contribution >= 0.6 is 11.3 Å². The first-order valence-electron chi connectivity index (χ1n) is 6.24. The van der Waals surface area contributed by atoms with Gasteiger partial charge in [-0.15, -0.1) is 11.3 Å². The van der Waals surface area contributed by atoms with Gasteiger partial charge < -0.3 is 5.32 Å². The number of hydrogen-bond acceptors (Lipinski definition) is 4. The fraction of sp³-hybridized carbons (Fsp3) is 0.286. The van der Waals surface area contributed by atoms with Crippen molar-refractivity contribution in [2.75, 3.05) is 11.8 Å². The molecule has 0 radical (unpaired) electrons. The van der Waals surface area contributed by atoms with E-state index in [4.69, 9.17) is 0 Å². The Morgan fingerprint density at radius 2 is 1.75 bits per heavy atom. The monoisotopic (exact) mass is 310 g/mol. The lowest BCUT2D eigenvalue weighted by Crippen LogP contribution is -2.12. The summed E-state index contributed by atoms with van der Waals surface area (Å²) in [6.45, 7) is 4.55. The van der Waals surface area contributed by atoms with E-state index in [0.29, 0.717) is 16.4 Å². The summed E-state index contributed by atoms with van der Waals surface area (Å²) < 4.78 is 27.6. The summed E-state index contributed by atoms with van der Waals surface area (Å²) in [5, 5.41) is 4.86. The molecule has 0 saturated carbocycles. The minimum absolute atomic E-state index is 0.335. The highest BCUT2D eigenvalue weighted by Gasteiger charge is 2.17. The first kappa shape index (κ1) is 15.0. The molecule has 0 aliphatic heterocycles. The van der Waals surface area contributed by atoms with Crippen molar-refractivity contribution in [2.45, 2.75) is 24.6 Å². The van der Waals surface area contributed by atoms with Crippen LogP contribution in [0.4, 0.5) is 5.69 Å². The molecule has 0 spiro atoms. The number of thiophene rings is 1. The molecular weight excluding hydrogens is 292 g/mol. The molecule has 2 aromatic rings. The third-order valence-electron chi connectivity index (χ3n) is 2.75.